The van der Waals surface area contributed by atoms with E-state index in [1.165, 1.54) is 30.9 Å². The smallest absolute Gasteiger partial charge is 0.406 e. The van der Waals surface area contributed by atoms with Gasteiger partial charge in [0.15, 0.2) is 0 Å². The molecule has 3 fully saturated rings. The second-order valence-corrected chi connectivity index (χ2v) is 7.89. The largest absolute Gasteiger partial charge is 0.573 e. The van der Waals surface area contributed by atoms with E-state index >= 15 is 0 Å². The molecular weight excluding hydrogens is 303 g/mol. The topological polar surface area (TPSA) is 12.2 Å². The number of likely N-dealkylation sites (N-methyl/N-ethyl adjacent to an activating group) is 1. The molecule has 3 aliphatic carbocycles. The van der Waals surface area contributed by atoms with Crippen LogP contribution in [0.25, 0.3) is 0 Å². The highest BCUT2D eigenvalue weighted by Crippen LogP contribution is 2.71. The van der Waals surface area contributed by atoms with Gasteiger partial charge in [-0.1, -0.05) is 18.9 Å². The summed E-state index contributed by atoms with van der Waals surface area (Å²) in [4.78, 5) is 2.52. The number of rotatable bonds is 1. The minimum Gasteiger partial charge on any atom is -0.406 e. The predicted octanol–water partition coefficient (Wildman–Crippen LogP) is 4.03. The van der Waals surface area contributed by atoms with Gasteiger partial charge in [0.05, 0.1) is 0 Å². The first kappa shape index (κ1) is 14.1. The molecule has 2 spiro atoms. The second kappa shape index (κ2) is 4.05. The lowest BCUT2D eigenvalue weighted by atomic mass is 9.60. The molecule has 2 bridgehead atoms. The van der Waals surface area contributed by atoms with E-state index in [-0.39, 0.29) is 16.7 Å². The third-order valence-corrected chi connectivity index (χ3v) is 7.05. The van der Waals surface area contributed by atoms with E-state index < -0.39 is 6.36 Å². The van der Waals surface area contributed by atoms with E-state index in [4.69, 9.17) is 0 Å². The maximum absolute atomic E-state index is 12.6. The molecule has 124 valence electrons. The van der Waals surface area contributed by atoms with Gasteiger partial charge < -0.3 is 4.74 Å². The number of benzene rings is 1. The third kappa shape index (κ3) is 1.69. The molecule has 0 aromatic heterocycles. The van der Waals surface area contributed by atoms with Gasteiger partial charge >= 0.3 is 6.36 Å². The van der Waals surface area contributed by atoms with Crippen molar-refractivity contribution in [3.05, 3.63) is 29.3 Å². The quantitative estimate of drug-likeness (QED) is 0.724. The van der Waals surface area contributed by atoms with Crippen LogP contribution in [0.15, 0.2) is 18.2 Å². The Kier molecular flexibility index (Phi) is 2.49. The minimum atomic E-state index is -4.62. The molecule has 4 aliphatic rings. The number of halogens is 3. The molecule has 1 saturated heterocycles. The van der Waals surface area contributed by atoms with E-state index in [2.05, 4.69) is 16.7 Å². The lowest BCUT2D eigenvalue weighted by Crippen LogP contribution is -2.44. The van der Waals surface area contributed by atoms with Gasteiger partial charge in [0.25, 0.3) is 0 Å². The summed E-state index contributed by atoms with van der Waals surface area (Å²) in [6.45, 7) is 0. The molecule has 5 rings (SSSR count). The van der Waals surface area contributed by atoms with Crippen molar-refractivity contribution >= 4 is 0 Å². The van der Waals surface area contributed by atoms with Gasteiger partial charge in [-0.15, -0.1) is 13.2 Å². The van der Waals surface area contributed by atoms with Crippen molar-refractivity contribution in [3.8, 4) is 5.75 Å². The Balaban J connectivity index is 1.62. The number of alkyl halides is 3. The standard InChI is InChI=1S/C18H20F3NO/c1-22-15-13-4-2-3-7-16(13)10-17(15,22)9-11-5-6-12(8-14(11)16)23-18(19,20)21/h5-6,8,13,15H,2-4,7,9-10H2,1H3/t13-,15-,16+,17?,22?/m1/s1. The average molecular weight is 323 g/mol. The van der Waals surface area contributed by atoms with Crippen LogP contribution < -0.4 is 4.74 Å². The summed E-state index contributed by atoms with van der Waals surface area (Å²) in [5.41, 5.74) is 2.77. The number of ether oxygens (including phenoxy) is 1. The molecule has 5 atom stereocenters. The molecule has 1 aromatic carbocycles. The van der Waals surface area contributed by atoms with Crippen LogP contribution in [0, 0.1) is 5.92 Å². The van der Waals surface area contributed by atoms with Crippen LogP contribution in [0.2, 0.25) is 0 Å². The van der Waals surface area contributed by atoms with Crippen molar-refractivity contribution in [2.75, 3.05) is 7.05 Å². The van der Waals surface area contributed by atoms with Crippen LogP contribution in [-0.4, -0.2) is 29.9 Å². The Bertz CT molecular complexity index is 687. The summed E-state index contributed by atoms with van der Waals surface area (Å²) in [5, 5.41) is 0. The third-order valence-electron chi connectivity index (χ3n) is 7.05. The highest BCUT2D eigenvalue weighted by atomic mass is 19.4. The molecule has 1 aromatic rings. The van der Waals surface area contributed by atoms with Crippen molar-refractivity contribution in [1.29, 1.82) is 0 Å². The number of likely N-dealkylation sites (tertiary alicyclic amines) is 1. The first-order chi connectivity index (χ1) is 10.9. The van der Waals surface area contributed by atoms with Crippen LogP contribution in [0.5, 0.6) is 5.75 Å². The number of hydrogen-bond acceptors (Lipinski definition) is 2. The Morgan fingerprint density at radius 2 is 2.09 bits per heavy atom. The van der Waals surface area contributed by atoms with E-state index in [0.717, 1.165) is 24.8 Å². The van der Waals surface area contributed by atoms with E-state index in [0.29, 0.717) is 12.0 Å². The second-order valence-electron chi connectivity index (χ2n) is 7.89. The lowest BCUT2D eigenvalue weighted by molar-refractivity contribution is -0.274. The fraction of sp³-hybridized carbons (Fsp3) is 0.667. The lowest BCUT2D eigenvalue weighted by Gasteiger charge is -2.46. The minimum absolute atomic E-state index is 0.0557. The van der Waals surface area contributed by atoms with Crippen LogP contribution in [0.4, 0.5) is 13.2 Å². The van der Waals surface area contributed by atoms with E-state index in [9.17, 15) is 13.2 Å². The average Bonchev–Trinajstić information content (AvgIpc) is 2.90. The van der Waals surface area contributed by atoms with E-state index in [1.54, 1.807) is 6.07 Å². The van der Waals surface area contributed by atoms with Gasteiger partial charge in [0.1, 0.15) is 5.75 Å². The highest BCUT2D eigenvalue weighted by Gasteiger charge is 2.76. The number of hydrogen-bond donors (Lipinski definition) is 0. The molecule has 0 amide bonds. The normalized spacial score (nSPS) is 43.4. The van der Waals surface area contributed by atoms with Gasteiger partial charge in [0.2, 0.25) is 0 Å². The molecule has 2 saturated carbocycles. The van der Waals surface area contributed by atoms with Crippen LogP contribution in [0.1, 0.15) is 43.2 Å². The maximum Gasteiger partial charge on any atom is 0.573 e. The Labute approximate surface area is 133 Å². The summed E-state index contributed by atoms with van der Waals surface area (Å²) in [6.07, 6.45) is 2.24. The monoisotopic (exact) mass is 323 g/mol. The van der Waals surface area contributed by atoms with Crippen molar-refractivity contribution in [2.45, 2.75) is 61.9 Å². The van der Waals surface area contributed by atoms with Crippen LogP contribution in [-0.2, 0) is 11.8 Å². The molecule has 0 radical (unpaired) electrons. The molecule has 2 nitrogen and oxygen atoms in total. The number of nitrogens with zero attached hydrogens (tertiary/aromatic N) is 1. The summed E-state index contributed by atoms with van der Waals surface area (Å²) in [7, 11) is 2.22. The zero-order chi connectivity index (χ0) is 16.0. The molecule has 1 aliphatic heterocycles. The van der Waals surface area contributed by atoms with Crippen LogP contribution >= 0.6 is 0 Å². The van der Waals surface area contributed by atoms with Crippen molar-refractivity contribution < 1.29 is 17.9 Å². The summed E-state index contributed by atoms with van der Waals surface area (Å²) < 4.78 is 41.9. The summed E-state index contributed by atoms with van der Waals surface area (Å²) >= 11 is 0. The van der Waals surface area contributed by atoms with E-state index in [1.807, 2.05) is 6.07 Å². The molecule has 5 heteroatoms. The highest BCUT2D eigenvalue weighted by molar-refractivity contribution is 5.52. The number of fused-ring (bicyclic) bond motifs is 2. The maximum atomic E-state index is 12.6. The van der Waals surface area contributed by atoms with Gasteiger partial charge in [-0.3, -0.25) is 4.90 Å². The summed E-state index contributed by atoms with van der Waals surface area (Å²) in [6, 6.07) is 5.68. The van der Waals surface area contributed by atoms with Gasteiger partial charge in [-0.25, -0.2) is 0 Å². The molecule has 1 heterocycles. The fourth-order valence-corrected chi connectivity index (χ4v) is 6.34. The SMILES string of the molecule is CN1[C@@H]2[C@H]3CCCC[C@]34CC21Cc1ccc(OC(F)(F)F)cc14. The zero-order valence-electron chi connectivity index (χ0n) is 13.1. The predicted molar refractivity (Wildman–Crippen MR) is 79.4 cm³/mol. The zero-order valence-corrected chi connectivity index (χ0v) is 13.1. The van der Waals surface area contributed by atoms with Crippen molar-refractivity contribution in [2.24, 2.45) is 5.92 Å². The molecule has 0 N–H and O–H groups in total. The fourth-order valence-electron chi connectivity index (χ4n) is 6.34. The first-order valence-electron chi connectivity index (χ1n) is 8.48. The summed E-state index contributed by atoms with van der Waals surface area (Å²) in [5.74, 6) is 0.545. The Hall–Kier alpha value is -1.23. The van der Waals surface area contributed by atoms with Crippen LogP contribution in [0.3, 0.4) is 0 Å². The van der Waals surface area contributed by atoms with Gasteiger partial charge in [-0.05, 0) is 61.9 Å². The molecule has 2 unspecified atom stereocenters. The molecular formula is C18H20F3NO. The first-order valence-corrected chi connectivity index (χ1v) is 8.48. The van der Waals surface area contributed by atoms with Crippen molar-refractivity contribution in [3.63, 3.8) is 0 Å². The molecule has 23 heavy (non-hydrogen) atoms. The Morgan fingerprint density at radius 1 is 1.26 bits per heavy atom. The Morgan fingerprint density at radius 3 is 2.87 bits per heavy atom. The van der Waals surface area contributed by atoms with Crippen molar-refractivity contribution in [1.82, 2.24) is 4.90 Å². The van der Waals surface area contributed by atoms with Gasteiger partial charge in [-0.2, -0.15) is 0 Å². The number of piperidine rings is 1. The van der Waals surface area contributed by atoms with Gasteiger partial charge in [0, 0.05) is 17.0 Å².